The van der Waals surface area contributed by atoms with E-state index in [4.69, 9.17) is 21.3 Å². The Kier molecular flexibility index (Phi) is 6.25. The van der Waals surface area contributed by atoms with Gasteiger partial charge in [-0.1, -0.05) is 35.9 Å². The molecule has 1 saturated carbocycles. The number of fused-ring (bicyclic) bond motifs is 5. The molecule has 2 bridgehead atoms. The molecule has 0 spiro atoms. The van der Waals surface area contributed by atoms with Gasteiger partial charge >= 0.3 is 6.01 Å². The second kappa shape index (κ2) is 9.86. The van der Waals surface area contributed by atoms with Gasteiger partial charge in [0.15, 0.2) is 5.82 Å². The molecule has 3 atom stereocenters. The third kappa shape index (κ3) is 4.58. The van der Waals surface area contributed by atoms with E-state index in [1.807, 2.05) is 29.2 Å². The molecule has 4 aromatic rings. The van der Waals surface area contributed by atoms with Crippen molar-refractivity contribution in [1.82, 2.24) is 14.9 Å². The highest BCUT2D eigenvalue weighted by molar-refractivity contribution is 6.35. The van der Waals surface area contributed by atoms with E-state index in [9.17, 15) is 13.9 Å². The summed E-state index contributed by atoms with van der Waals surface area (Å²) in [6, 6.07) is 12.2. The number of rotatable bonds is 5. The molecule has 10 heteroatoms. The zero-order valence-corrected chi connectivity index (χ0v) is 24.4. The van der Waals surface area contributed by atoms with Crippen molar-refractivity contribution in [2.45, 2.75) is 50.0 Å². The maximum Gasteiger partial charge on any atom is 0.319 e. The number of piperidine rings is 1. The number of ether oxygens (including phenoxy) is 1. The number of benzene rings is 3. The number of alkyl halides is 2. The van der Waals surface area contributed by atoms with E-state index < -0.39 is 17.3 Å². The molecule has 4 aliphatic rings. The molecule has 3 saturated heterocycles. The Morgan fingerprint density at radius 2 is 1.84 bits per heavy atom. The van der Waals surface area contributed by atoms with Gasteiger partial charge in [0.05, 0.1) is 17.1 Å². The van der Waals surface area contributed by atoms with Gasteiger partial charge in [0.1, 0.15) is 23.7 Å². The summed E-state index contributed by atoms with van der Waals surface area (Å²) in [5, 5.41) is 12.6. The van der Waals surface area contributed by atoms with Crippen LogP contribution < -0.4 is 9.64 Å². The number of hydrogen-bond acceptors (Lipinski definition) is 6. The summed E-state index contributed by atoms with van der Waals surface area (Å²) in [5.74, 6) is -1.78. The molecular formula is C33H32ClF3N4O2. The summed E-state index contributed by atoms with van der Waals surface area (Å²) in [7, 11) is 0. The van der Waals surface area contributed by atoms with Gasteiger partial charge in [0.25, 0.3) is 5.92 Å². The first kappa shape index (κ1) is 27.3. The van der Waals surface area contributed by atoms with Gasteiger partial charge in [-0.25, -0.2) is 13.2 Å². The van der Waals surface area contributed by atoms with Gasteiger partial charge in [-0.3, -0.25) is 4.90 Å². The van der Waals surface area contributed by atoms with Crippen LogP contribution in [-0.2, 0) is 0 Å². The highest BCUT2D eigenvalue weighted by Gasteiger charge is 2.57. The van der Waals surface area contributed by atoms with Crippen LogP contribution in [0.15, 0.2) is 42.5 Å². The number of nitrogens with zero attached hydrogens (tertiary/aromatic N) is 4. The van der Waals surface area contributed by atoms with Crippen molar-refractivity contribution in [1.29, 1.82) is 0 Å². The van der Waals surface area contributed by atoms with Crippen molar-refractivity contribution in [3.05, 3.63) is 53.3 Å². The molecule has 8 rings (SSSR count). The van der Waals surface area contributed by atoms with E-state index in [0.29, 0.717) is 41.6 Å². The maximum absolute atomic E-state index is 16.8. The quantitative estimate of drug-likeness (QED) is 0.254. The lowest BCUT2D eigenvalue weighted by atomic mass is 9.94. The van der Waals surface area contributed by atoms with Gasteiger partial charge in [-0.05, 0) is 85.0 Å². The molecule has 6 nitrogen and oxygen atoms in total. The molecule has 3 unspecified atom stereocenters. The first-order chi connectivity index (χ1) is 20.7. The van der Waals surface area contributed by atoms with Crippen molar-refractivity contribution in [3.63, 3.8) is 0 Å². The number of halogens is 4. The monoisotopic (exact) mass is 608 g/mol. The number of aromatic nitrogens is 2. The topological polar surface area (TPSA) is 61.7 Å². The van der Waals surface area contributed by atoms with Gasteiger partial charge in [-0.2, -0.15) is 9.97 Å². The summed E-state index contributed by atoms with van der Waals surface area (Å²) in [6.45, 7) is 1.94. The Labute approximate surface area is 252 Å². The highest BCUT2D eigenvalue weighted by atomic mass is 35.5. The summed E-state index contributed by atoms with van der Waals surface area (Å²) < 4.78 is 51.8. The third-order valence-electron chi connectivity index (χ3n) is 10.1. The molecule has 43 heavy (non-hydrogen) atoms. The van der Waals surface area contributed by atoms with Crippen LogP contribution >= 0.6 is 11.6 Å². The molecular weight excluding hydrogens is 577 g/mol. The number of phenols is 1. The van der Waals surface area contributed by atoms with Crippen molar-refractivity contribution in [2.24, 2.45) is 11.8 Å². The predicted molar refractivity (Wildman–Crippen MR) is 161 cm³/mol. The Bertz CT molecular complexity index is 1760. The summed E-state index contributed by atoms with van der Waals surface area (Å²) in [6.07, 6.45) is 4.66. The summed E-state index contributed by atoms with van der Waals surface area (Å²) in [4.78, 5) is 13.4. The van der Waals surface area contributed by atoms with Crippen LogP contribution in [-0.4, -0.2) is 64.2 Å². The molecule has 3 aliphatic heterocycles. The second-order valence-corrected chi connectivity index (χ2v) is 13.4. The van der Waals surface area contributed by atoms with Crippen LogP contribution in [0, 0.1) is 17.7 Å². The van der Waals surface area contributed by atoms with Crippen LogP contribution in [0.5, 0.6) is 11.8 Å². The molecule has 4 heterocycles. The fraction of sp³-hybridized carbons (Fsp3) is 0.455. The van der Waals surface area contributed by atoms with Crippen molar-refractivity contribution in [3.8, 4) is 22.9 Å². The molecule has 0 radical (unpaired) electrons. The predicted octanol–water partition coefficient (Wildman–Crippen LogP) is 7.44. The van der Waals surface area contributed by atoms with Crippen LogP contribution in [0.2, 0.25) is 5.02 Å². The Morgan fingerprint density at radius 3 is 2.65 bits per heavy atom. The lowest BCUT2D eigenvalue weighted by Crippen LogP contribution is -2.43. The fourth-order valence-electron chi connectivity index (χ4n) is 8.27. The van der Waals surface area contributed by atoms with E-state index in [-0.39, 0.29) is 47.4 Å². The Balaban J connectivity index is 1.27. The van der Waals surface area contributed by atoms with Gasteiger partial charge in [-0.15, -0.1) is 0 Å². The zero-order valence-electron chi connectivity index (χ0n) is 23.6. The Morgan fingerprint density at radius 1 is 1.05 bits per heavy atom. The maximum atomic E-state index is 16.8. The lowest BCUT2D eigenvalue weighted by molar-refractivity contribution is 0.00804. The van der Waals surface area contributed by atoms with Crippen LogP contribution in [0.3, 0.4) is 0 Å². The molecule has 224 valence electrons. The Hall–Kier alpha value is -3.30. The highest BCUT2D eigenvalue weighted by Crippen LogP contribution is 2.47. The largest absolute Gasteiger partial charge is 0.508 e. The average Bonchev–Trinajstić information content (AvgIpc) is 3.59. The second-order valence-electron chi connectivity index (χ2n) is 13.0. The van der Waals surface area contributed by atoms with Crippen molar-refractivity contribution in [2.75, 3.05) is 37.7 Å². The van der Waals surface area contributed by atoms with Crippen molar-refractivity contribution < 1.29 is 23.0 Å². The number of phenolic OH excluding ortho intramolecular Hbond substituents is 1. The number of aromatic hydroxyl groups is 1. The van der Waals surface area contributed by atoms with Crippen molar-refractivity contribution >= 4 is 39.1 Å². The summed E-state index contributed by atoms with van der Waals surface area (Å²) in [5.41, 5.74) is -0.141. The molecule has 1 aliphatic carbocycles. The SMILES string of the molecule is Oc1cc(-c2c(Cl)cc3c(N4CC5CCC(C5)C4)nc(OCC45CCCN4CC(F)(F)C5)nc3c2F)c2ccccc2c1. The standard InChI is InChI=1S/C33H32ClF3N4O2/c34-26-13-25-29(28(35)27(26)24-12-22(42)11-21-4-1-2-5-23(21)24)38-31(39-30(25)40-14-19-6-7-20(10-19)15-40)43-18-32-8-3-9-41(32)17-33(36,37)16-32/h1-2,4-5,11-13,19-20,42H,3,6-10,14-18H2. The minimum Gasteiger partial charge on any atom is -0.508 e. The van der Waals surface area contributed by atoms with Gasteiger partial charge in [0, 0.05) is 30.5 Å². The van der Waals surface area contributed by atoms with Crippen LogP contribution in [0.25, 0.3) is 32.8 Å². The van der Waals surface area contributed by atoms with E-state index in [0.717, 1.165) is 43.1 Å². The van der Waals surface area contributed by atoms with Crippen LogP contribution in [0.4, 0.5) is 19.0 Å². The normalized spacial score (nSPS) is 26.5. The molecule has 1 N–H and O–H groups in total. The third-order valence-corrected chi connectivity index (χ3v) is 10.4. The average molecular weight is 609 g/mol. The number of anilines is 1. The zero-order chi connectivity index (χ0) is 29.5. The van der Waals surface area contributed by atoms with E-state index in [1.165, 1.54) is 12.5 Å². The molecule has 0 amide bonds. The number of hydrogen-bond donors (Lipinski definition) is 1. The first-order valence-electron chi connectivity index (χ1n) is 15.1. The van der Waals surface area contributed by atoms with Crippen LogP contribution in [0.1, 0.15) is 38.5 Å². The van der Waals surface area contributed by atoms with E-state index in [2.05, 4.69) is 9.88 Å². The van der Waals surface area contributed by atoms with E-state index in [1.54, 1.807) is 12.1 Å². The minimum absolute atomic E-state index is 0.00538. The molecule has 3 aromatic carbocycles. The molecule has 1 aromatic heterocycles. The first-order valence-corrected chi connectivity index (χ1v) is 15.5. The lowest BCUT2D eigenvalue weighted by Gasteiger charge is -2.34. The fourth-order valence-corrected chi connectivity index (χ4v) is 8.56. The van der Waals surface area contributed by atoms with Gasteiger partial charge in [0.2, 0.25) is 0 Å². The smallest absolute Gasteiger partial charge is 0.319 e. The van der Waals surface area contributed by atoms with E-state index >= 15 is 4.39 Å². The van der Waals surface area contributed by atoms with Gasteiger partial charge < -0.3 is 14.7 Å². The summed E-state index contributed by atoms with van der Waals surface area (Å²) >= 11 is 6.85. The molecule has 4 fully saturated rings. The minimum atomic E-state index is -2.77.